The van der Waals surface area contributed by atoms with E-state index < -0.39 is 8.32 Å². The molecule has 1 spiro atoms. The van der Waals surface area contributed by atoms with Crippen LogP contribution in [0.15, 0.2) is 35.9 Å². The first-order valence-corrected chi connectivity index (χ1v) is 16.3. The standard InChI is InChI=1S/C29H48O5Si/c1-20(2)11-10-12-22(5)26-28(31-7)27(32-18-23-13-15-24(30-6)16-14-23)25(17-29(26)19-33-29)34-35(8,9)21(3)4/h12-16,20-21,25-28H,10-11,17-19H2,1-9H3/b22-12+. The highest BCUT2D eigenvalue weighted by Gasteiger charge is 2.63. The van der Waals surface area contributed by atoms with E-state index in [1.807, 2.05) is 19.2 Å². The van der Waals surface area contributed by atoms with Crippen LogP contribution in [-0.4, -0.2) is 53.1 Å². The smallest absolute Gasteiger partial charge is 0.189 e. The Bertz CT molecular complexity index is 828. The van der Waals surface area contributed by atoms with Crippen molar-refractivity contribution in [3.63, 3.8) is 0 Å². The maximum Gasteiger partial charge on any atom is 0.189 e. The number of benzene rings is 1. The van der Waals surface area contributed by atoms with Crippen LogP contribution in [0, 0.1) is 11.8 Å². The zero-order chi connectivity index (χ0) is 25.8. The molecule has 1 saturated heterocycles. The molecule has 0 amide bonds. The van der Waals surface area contributed by atoms with E-state index in [4.69, 9.17) is 23.4 Å². The Balaban J connectivity index is 1.87. The lowest BCUT2D eigenvalue weighted by molar-refractivity contribution is -0.165. The normalized spacial score (nSPS) is 29.3. The van der Waals surface area contributed by atoms with Crippen LogP contribution in [0.25, 0.3) is 0 Å². The molecule has 0 N–H and O–H groups in total. The summed E-state index contributed by atoms with van der Waals surface area (Å²) in [5.41, 5.74) is 2.78. The van der Waals surface area contributed by atoms with Gasteiger partial charge in [0.2, 0.25) is 0 Å². The number of ether oxygens (including phenoxy) is 4. The zero-order valence-electron chi connectivity index (χ0n) is 23.4. The summed E-state index contributed by atoms with van der Waals surface area (Å²) in [6, 6.07) is 8.08. The molecule has 35 heavy (non-hydrogen) atoms. The summed E-state index contributed by atoms with van der Waals surface area (Å²) in [7, 11) is 1.59. The Morgan fingerprint density at radius 1 is 1.11 bits per heavy atom. The maximum atomic E-state index is 6.94. The average molecular weight is 505 g/mol. The lowest BCUT2D eigenvalue weighted by atomic mass is 9.70. The number of hydrogen-bond donors (Lipinski definition) is 0. The van der Waals surface area contributed by atoms with Gasteiger partial charge in [-0.2, -0.15) is 0 Å². The minimum atomic E-state index is -1.91. The van der Waals surface area contributed by atoms with Crippen LogP contribution < -0.4 is 4.74 Å². The summed E-state index contributed by atoms with van der Waals surface area (Å²) in [4.78, 5) is 0. The molecule has 5 unspecified atom stereocenters. The minimum Gasteiger partial charge on any atom is -0.497 e. The number of epoxide rings is 1. The Morgan fingerprint density at radius 3 is 2.29 bits per heavy atom. The molecule has 6 heteroatoms. The molecule has 1 aliphatic heterocycles. The van der Waals surface area contributed by atoms with Gasteiger partial charge < -0.3 is 23.4 Å². The van der Waals surface area contributed by atoms with Gasteiger partial charge in [-0.1, -0.05) is 51.5 Å². The lowest BCUT2D eigenvalue weighted by Crippen LogP contribution is -2.59. The summed E-state index contributed by atoms with van der Waals surface area (Å²) in [5, 5.41) is 0. The average Bonchev–Trinajstić information content (AvgIpc) is 3.56. The van der Waals surface area contributed by atoms with Crippen LogP contribution in [-0.2, 0) is 25.2 Å². The SMILES string of the molecule is COc1ccc(COC2C(O[Si](C)(C)C(C)C)CC3(CO3)C(/C(C)=C/CCC(C)C)C2OC)cc1. The molecule has 2 fully saturated rings. The van der Waals surface area contributed by atoms with Crippen LogP contribution in [0.2, 0.25) is 18.6 Å². The quantitative estimate of drug-likeness (QED) is 0.179. The fraction of sp³-hybridized carbons (Fsp3) is 0.724. The van der Waals surface area contributed by atoms with E-state index in [0.717, 1.165) is 30.8 Å². The summed E-state index contributed by atoms with van der Waals surface area (Å²) in [6.07, 6.45) is 5.18. The highest BCUT2D eigenvalue weighted by Crippen LogP contribution is 2.52. The molecule has 0 bridgehead atoms. The highest BCUT2D eigenvalue weighted by atomic mass is 28.4. The molecule has 5 nitrogen and oxygen atoms in total. The van der Waals surface area contributed by atoms with Crippen LogP contribution in [0.4, 0.5) is 0 Å². The molecule has 5 atom stereocenters. The van der Waals surface area contributed by atoms with Crippen LogP contribution >= 0.6 is 0 Å². The third-order valence-corrected chi connectivity index (χ3v) is 11.8. The predicted molar refractivity (Wildman–Crippen MR) is 144 cm³/mol. The van der Waals surface area contributed by atoms with Gasteiger partial charge in [0.1, 0.15) is 17.5 Å². The summed E-state index contributed by atoms with van der Waals surface area (Å²) < 4.78 is 31.4. The fourth-order valence-electron chi connectivity index (χ4n) is 5.14. The summed E-state index contributed by atoms with van der Waals surface area (Å²) >= 11 is 0. The number of allylic oxidation sites excluding steroid dienone is 1. The molecule has 2 aliphatic rings. The van der Waals surface area contributed by atoms with Gasteiger partial charge in [0, 0.05) is 19.4 Å². The van der Waals surface area contributed by atoms with E-state index >= 15 is 0 Å². The second-order valence-corrected chi connectivity index (χ2v) is 16.3. The van der Waals surface area contributed by atoms with Gasteiger partial charge in [-0.05, 0) is 62.0 Å². The zero-order valence-corrected chi connectivity index (χ0v) is 24.4. The van der Waals surface area contributed by atoms with Gasteiger partial charge in [0.05, 0.1) is 32.5 Å². The first-order valence-electron chi connectivity index (χ1n) is 13.3. The first-order chi connectivity index (χ1) is 16.5. The lowest BCUT2D eigenvalue weighted by Gasteiger charge is -2.48. The molecule has 0 aromatic heterocycles. The summed E-state index contributed by atoms with van der Waals surface area (Å²) in [6.45, 7) is 17.2. The van der Waals surface area contributed by atoms with Crippen molar-refractivity contribution in [3.05, 3.63) is 41.5 Å². The Kier molecular flexibility index (Phi) is 9.66. The molecule has 1 saturated carbocycles. The van der Waals surface area contributed by atoms with E-state index in [-0.39, 0.29) is 29.8 Å². The third kappa shape index (κ3) is 6.98. The van der Waals surface area contributed by atoms with Crippen molar-refractivity contribution in [1.29, 1.82) is 0 Å². The molecule has 1 aliphatic carbocycles. The predicted octanol–water partition coefficient (Wildman–Crippen LogP) is 6.77. The van der Waals surface area contributed by atoms with Gasteiger partial charge in [-0.3, -0.25) is 0 Å². The van der Waals surface area contributed by atoms with Gasteiger partial charge in [-0.15, -0.1) is 0 Å². The third-order valence-electron chi connectivity index (χ3n) is 8.07. The number of rotatable bonds is 12. The van der Waals surface area contributed by atoms with Crippen LogP contribution in [0.1, 0.15) is 59.4 Å². The second-order valence-electron chi connectivity index (χ2n) is 11.7. The molecule has 1 heterocycles. The molecular weight excluding hydrogens is 456 g/mol. The second kappa shape index (κ2) is 11.9. The monoisotopic (exact) mass is 504 g/mol. The highest BCUT2D eigenvalue weighted by molar-refractivity contribution is 6.72. The number of hydrogen-bond acceptors (Lipinski definition) is 5. The van der Waals surface area contributed by atoms with E-state index in [1.54, 1.807) is 7.11 Å². The maximum absolute atomic E-state index is 6.94. The van der Waals surface area contributed by atoms with Crippen molar-refractivity contribution in [2.75, 3.05) is 20.8 Å². The van der Waals surface area contributed by atoms with Gasteiger partial charge in [-0.25, -0.2) is 0 Å². The fourth-order valence-corrected chi connectivity index (χ4v) is 6.41. The molecular formula is C29H48O5Si. The molecule has 3 rings (SSSR count). The van der Waals surface area contributed by atoms with Crippen molar-refractivity contribution < 1.29 is 23.4 Å². The van der Waals surface area contributed by atoms with Gasteiger partial charge >= 0.3 is 0 Å². The molecule has 1 aromatic rings. The topological polar surface area (TPSA) is 49.5 Å². The van der Waals surface area contributed by atoms with Crippen molar-refractivity contribution in [2.24, 2.45) is 11.8 Å². The van der Waals surface area contributed by atoms with Gasteiger partial charge in [0.15, 0.2) is 8.32 Å². The van der Waals surface area contributed by atoms with E-state index in [0.29, 0.717) is 18.1 Å². The molecule has 1 aromatic carbocycles. The van der Waals surface area contributed by atoms with Crippen LogP contribution in [0.5, 0.6) is 5.75 Å². The van der Waals surface area contributed by atoms with Crippen molar-refractivity contribution in [1.82, 2.24) is 0 Å². The molecule has 198 valence electrons. The number of methoxy groups -OCH3 is 2. The van der Waals surface area contributed by atoms with Crippen molar-refractivity contribution in [2.45, 2.75) is 103 Å². The van der Waals surface area contributed by atoms with Crippen molar-refractivity contribution in [3.8, 4) is 5.75 Å². The Hall–Kier alpha value is -1.18. The largest absolute Gasteiger partial charge is 0.497 e. The van der Waals surface area contributed by atoms with Gasteiger partial charge in [0.25, 0.3) is 0 Å². The Labute approximate surface area is 214 Å². The molecule has 0 radical (unpaired) electrons. The van der Waals surface area contributed by atoms with Crippen LogP contribution in [0.3, 0.4) is 0 Å². The Morgan fingerprint density at radius 2 is 1.77 bits per heavy atom. The first kappa shape index (κ1) is 28.4. The van der Waals surface area contributed by atoms with E-state index in [9.17, 15) is 0 Å². The minimum absolute atomic E-state index is 0.0514. The van der Waals surface area contributed by atoms with E-state index in [1.165, 1.54) is 12.0 Å². The van der Waals surface area contributed by atoms with E-state index in [2.05, 4.69) is 65.9 Å². The summed E-state index contributed by atoms with van der Waals surface area (Å²) in [5.74, 6) is 1.71. The van der Waals surface area contributed by atoms with Crippen molar-refractivity contribution >= 4 is 8.32 Å².